The number of hydrogen-bond donors (Lipinski definition) is 2. The molecule has 1 fully saturated rings. The van der Waals surface area contributed by atoms with Gasteiger partial charge in [0.25, 0.3) is 10.0 Å². The average Bonchev–Trinajstić information content (AvgIpc) is 2.76. The van der Waals surface area contributed by atoms with E-state index in [0.29, 0.717) is 23.1 Å². The Hall–Kier alpha value is -0.140. The van der Waals surface area contributed by atoms with Gasteiger partial charge in [0, 0.05) is 0 Å². The zero-order chi connectivity index (χ0) is 14.1. The van der Waals surface area contributed by atoms with E-state index < -0.39 is 15.6 Å². The molecule has 108 valence electrons. The summed E-state index contributed by atoms with van der Waals surface area (Å²) in [4.78, 5) is 0. The van der Waals surface area contributed by atoms with Gasteiger partial charge in [-0.05, 0) is 30.9 Å². The van der Waals surface area contributed by atoms with E-state index in [1.807, 2.05) is 0 Å². The van der Waals surface area contributed by atoms with E-state index in [4.69, 9.17) is 11.6 Å². The quantitative estimate of drug-likeness (QED) is 0.895. The lowest BCUT2D eigenvalue weighted by Gasteiger charge is -2.38. The molecule has 2 atom stereocenters. The van der Waals surface area contributed by atoms with Gasteiger partial charge < -0.3 is 5.11 Å². The topological polar surface area (TPSA) is 66.4 Å². The number of hydrogen-bond acceptors (Lipinski definition) is 4. The Morgan fingerprint density at radius 2 is 2.32 bits per heavy atom. The summed E-state index contributed by atoms with van der Waals surface area (Å²) >= 11 is 6.80. The van der Waals surface area contributed by atoms with Crippen molar-refractivity contribution in [1.82, 2.24) is 4.72 Å². The van der Waals surface area contributed by atoms with Gasteiger partial charge in [0.05, 0.1) is 16.5 Å². The number of nitrogens with one attached hydrogen (secondary N) is 1. The van der Waals surface area contributed by atoms with Crippen LogP contribution in [0, 0.1) is 5.92 Å². The molecule has 2 rings (SSSR count). The molecule has 4 nitrogen and oxygen atoms in total. The Morgan fingerprint density at radius 1 is 1.58 bits per heavy atom. The molecule has 1 heterocycles. The molecule has 0 spiro atoms. The van der Waals surface area contributed by atoms with Crippen LogP contribution in [0.3, 0.4) is 0 Å². The highest BCUT2D eigenvalue weighted by Crippen LogP contribution is 2.34. The second-order valence-electron chi connectivity index (χ2n) is 5.30. The molecule has 1 aliphatic carbocycles. The molecular weight excluding hydrogens is 306 g/mol. The highest BCUT2D eigenvalue weighted by Gasteiger charge is 2.38. The molecule has 0 aliphatic heterocycles. The van der Waals surface area contributed by atoms with Gasteiger partial charge >= 0.3 is 0 Å². The second kappa shape index (κ2) is 5.69. The third-order valence-corrected chi connectivity index (χ3v) is 6.86. The van der Waals surface area contributed by atoms with Crippen molar-refractivity contribution in [3.8, 4) is 0 Å². The first-order valence-corrected chi connectivity index (χ1v) is 8.95. The predicted octanol–water partition coefficient (Wildman–Crippen LogP) is 2.62. The Labute approximate surface area is 122 Å². The van der Waals surface area contributed by atoms with Gasteiger partial charge in [-0.15, -0.1) is 11.3 Å². The largest absolute Gasteiger partial charge is 0.394 e. The lowest BCUT2D eigenvalue weighted by atomic mass is 9.78. The number of aliphatic hydroxyl groups excluding tert-OH is 1. The normalized spacial score (nSPS) is 28.5. The first-order chi connectivity index (χ1) is 8.87. The van der Waals surface area contributed by atoms with Crippen molar-refractivity contribution in [3.05, 3.63) is 16.5 Å². The van der Waals surface area contributed by atoms with Crippen molar-refractivity contribution in [2.24, 2.45) is 5.92 Å². The highest BCUT2D eigenvalue weighted by molar-refractivity contribution is 7.91. The molecule has 1 aliphatic rings. The third-order valence-electron chi connectivity index (χ3n) is 3.56. The molecule has 1 aromatic heterocycles. The minimum Gasteiger partial charge on any atom is -0.394 e. The standard InChI is InChI=1S/C12H18ClNO3S2/c1-9-3-2-6-12(7-9,8-15)14-19(16,17)11-5-4-10(13)18-11/h4-5,9,14-15H,2-3,6-8H2,1H3. The molecule has 1 saturated carbocycles. The lowest BCUT2D eigenvalue weighted by molar-refractivity contribution is 0.120. The summed E-state index contributed by atoms with van der Waals surface area (Å²) in [6, 6.07) is 3.06. The van der Waals surface area contributed by atoms with E-state index in [2.05, 4.69) is 11.6 Å². The van der Waals surface area contributed by atoms with Gasteiger partial charge in [-0.2, -0.15) is 0 Å². The Kier molecular flexibility index (Phi) is 4.57. The van der Waals surface area contributed by atoms with E-state index >= 15 is 0 Å². The van der Waals surface area contributed by atoms with E-state index in [-0.39, 0.29) is 10.8 Å². The number of rotatable bonds is 4. The van der Waals surface area contributed by atoms with Crippen molar-refractivity contribution < 1.29 is 13.5 Å². The van der Waals surface area contributed by atoms with Crippen LogP contribution in [0.25, 0.3) is 0 Å². The fourth-order valence-electron chi connectivity index (χ4n) is 2.71. The van der Waals surface area contributed by atoms with Crippen LogP contribution in [0.1, 0.15) is 32.6 Å². The highest BCUT2D eigenvalue weighted by atomic mass is 35.5. The Balaban J connectivity index is 2.22. The van der Waals surface area contributed by atoms with Gasteiger partial charge in [0.15, 0.2) is 0 Å². The first kappa shape index (κ1) is 15.3. The molecule has 1 aromatic rings. The molecule has 19 heavy (non-hydrogen) atoms. The number of sulfonamides is 1. The van der Waals surface area contributed by atoms with Gasteiger partial charge in [0.2, 0.25) is 0 Å². The van der Waals surface area contributed by atoms with Gasteiger partial charge in [-0.1, -0.05) is 31.4 Å². The molecule has 0 amide bonds. The van der Waals surface area contributed by atoms with Crippen molar-refractivity contribution >= 4 is 33.0 Å². The average molecular weight is 324 g/mol. The van der Waals surface area contributed by atoms with Crippen LogP contribution in [-0.4, -0.2) is 25.7 Å². The summed E-state index contributed by atoms with van der Waals surface area (Å²) < 4.78 is 28.0. The van der Waals surface area contributed by atoms with Crippen molar-refractivity contribution in [2.75, 3.05) is 6.61 Å². The molecule has 0 radical (unpaired) electrons. The van der Waals surface area contributed by atoms with E-state index in [1.165, 1.54) is 6.07 Å². The van der Waals surface area contributed by atoms with Crippen molar-refractivity contribution in [3.63, 3.8) is 0 Å². The van der Waals surface area contributed by atoms with E-state index in [1.54, 1.807) is 6.07 Å². The van der Waals surface area contributed by atoms with Crippen LogP contribution in [0.2, 0.25) is 4.34 Å². The fraction of sp³-hybridized carbons (Fsp3) is 0.667. The van der Waals surface area contributed by atoms with Crippen LogP contribution in [0.4, 0.5) is 0 Å². The van der Waals surface area contributed by atoms with Crippen molar-refractivity contribution in [2.45, 2.75) is 42.4 Å². The Bertz CT molecular complexity index is 543. The van der Waals surface area contributed by atoms with Crippen LogP contribution in [0.15, 0.2) is 16.3 Å². The van der Waals surface area contributed by atoms with E-state index in [0.717, 1.165) is 24.2 Å². The number of thiophene rings is 1. The van der Waals surface area contributed by atoms with Crippen molar-refractivity contribution in [1.29, 1.82) is 0 Å². The zero-order valence-corrected chi connectivity index (χ0v) is 13.1. The minimum atomic E-state index is -3.61. The summed E-state index contributed by atoms with van der Waals surface area (Å²) in [6.45, 7) is 1.91. The number of halogens is 1. The molecule has 7 heteroatoms. The monoisotopic (exact) mass is 323 g/mol. The SMILES string of the molecule is CC1CCCC(CO)(NS(=O)(=O)c2ccc(Cl)s2)C1. The predicted molar refractivity (Wildman–Crippen MR) is 77.1 cm³/mol. The fourth-order valence-corrected chi connectivity index (χ4v) is 5.62. The first-order valence-electron chi connectivity index (χ1n) is 6.27. The summed E-state index contributed by atoms with van der Waals surface area (Å²) in [5, 5.41) is 9.63. The molecule has 0 saturated heterocycles. The molecule has 0 bridgehead atoms. The summed E-state index contributed by atoms with van der Waals surface area (Å²) in [5.41, 5.74) is -0.729. The van der Waals surface area contributed by atoms with E-state index in [9.17, 15) is 13.5 Å². The summed E-state index contributed by atoms with van der Waals surface area (Å²) in [7, 11) is -3.61. The van der Waals surface area contributed by atoms with Crippen LogP contribution >= 0.6 is 22.9 Å². The van der Waals surface area contributed by atoms with Gasteiger partial charge in [-0.25, -0.2) is 13.1 Å². The second-order valence-corrected chi connectivity index (χ2v) is 8.93. The number of aliphatic hydroxyl groups is 1. The maximum Gasteiger partial charge on any atom is 0.250 e. The van der Waals surface area contributed by atoms with Crippen LogP contribution < -0.4 is 4.72 Å². The third kappa shape index (κ3) is 3.49. The lowest BCUT2D eigenvalue weighted by Crippen LogP contribution is -2.53. The smallest absolute Gasteiger partial charge is 0.250 e. The Morgan fingerprint density at radius 3 is 2.84 bits per heavy atom. The van der Waals surface area contributed by atoms with Gasteiger partial charge in [-0.3, -0.25) is 0 Å². The zero-order valence-electron chi connectivity index (χ0n) is 10.7. The molecule has 2 unspecified atom stereocenters. The van der Waals surface area contributed by atoms with Gasteiger partial charge in [0.1, 0.15) is 4.21 Å². The van der Waals surface area contributed by atoms with Crippen LogP contribution in [0.5, 0.6) is 0 Å². The van der Waals surface area contributed by atoms with Crippen LogP contribution in [-0.2, 0) is 10.0 Å². The maximum absolute atomic E-state index is 12.3. The minimum absolute atomic E-state index is 0.171. The molecular formula is C12H18ClNO3S2. The molecule has 0 aromatic carbocycles. The summed E-state index contributed by atoms with van der Waals surface area (Å²) in [5.74, 6) is 0.413. The maximum atomic E-state index is 12.3. The summed E-state index contributed by atoms with van der Waals surface area (Å²) in [6.07, 6.45) is 3.35. The molecule has 2 N–H and O–H groups in total.